The smallest absolute Gasteiger partial charge is 0.252 e. The molecule has 2 rings (SSSR count). The summed E-state index contributed by atoms with van der Waals surface area (Å²) < 4.78 is 19.6. The van der Waals surface area contributed by atoms with Gasteiger partial charge in [0.2, 0.25) is 0 Å². The highest BCUT2D eigenvalue weighted by atomic mass is 19.1. The number of alkyl halides is 1. The van der Waals surface area contributed by atoms with E-state index >= 15 is 0 Å². The molecule has 1 unspecified atom stereocenters. The van der Waals surface area contributed by atoms with Crippen molar-refractivity contribution in [2.75, 3.05) is 18.5 Å². The fourth-order valence-corrected chi connectivity index (χ4v) is 2.55. The molecule has 1 aliphatic heterocycles. The average Bonchev–Trinajstić information content (AvgIpc) is 2.47. The fourth-order valence-electron chi connectivity index (χ4n) is 2.55. The number of nitrogens with two attached hydrogens (primary N) is 1. The van der Waals surface area contributed by atoms with Crippen LogP contribution in [-0.2, 0) is 11.2 Å². The van der Waals surface area contributed by atoms with Crippen molar-refractivity contribution in [2.45, 2.75) is 50.9 Å². The van der Waals surface area contributed by atoms with Crippen molar-refractivity contribution in [3.8, 4) is 0 Å². The lowest BCUT2D eigenvalue weighted by molar-refractivity contribution is -0.00307. The molecule has 0 aromatic carbocycles. The Bertz CT molecular complexity index is 554. The Labute approximate surface area is 135 Å². The van der Waals surface area contributed by atoms with Crippen LogP contribution in [0.25, 0.3) is 0 Å². The molecule has 1 amide bonds. The number of nitrogens with zero attached hydrogens (tertiary/aromatic N) is 1. The molecule has 0 spiro atoms. The summed E-state index contributed by atoms with van der Waals surface area (Å²) in [5, 5.41) is 13.0. The number of aromatic nitrogens is 1. The van der Waals surface area contributed by atoms with Gasteiger partial charge in [0.25, 0.3) is 5.91 Å². The molecule has 128 valence electrons. The fraction of sp³-hybridized carbons (Fsp3) is 0.625. The van der Waals surface area contributed by atoms with E-state index in [2.05, 4.69) is 10.3 Å². The van der Waals surface area contributed by atoms with Crippen LogP contribution in [0.5, 0.6) is 0 Å². The van der Waals surface area contributed by atoms with Gasteiger partial charge in [-0.3, -0.25) is 9.78 Å². The second kappa shape index (κ2) is 7.23. The molecule has 23 heavy (non-hydrogen) atoms. The summed E-state index contributed by atoms with van der Waals surface area (Å²) >= 11 is 0. The van der Waals surface area contributed by atoms with E-state index < -0.39 is 17.7 Å². The first-order valence-corrected chi connectivity index (χ1v) is 7.77. The summed E-state index contributed by atoms with van der Waals surface area (Å²) in [6.45, 7) is 4.04. The van der Waals surface area contributed by atoms with Gasteiger partial charge in [0.05, 0.1) is 29.2 Å². The molecular formula is C16H24FN3O3. The Balaban J connectivity index is 2.25. The number of anilines is 1. The van der Waals surface area contributed by atoms with Gasteiger partial charge in [-0.25, -0.2) is 4.39 Å². The van der Waals surface area contributed by atoms with Gasteiger partial charge in [-0.1, -0.05) is 0 Å². The Hall–Kier alpha value is -1.73. The summed E-state index contributed by atoms with van der Waals surface area (Å²) in [6, 6.07) is 1.72. The summed E-state index contributed by atoms with van der Waals surface area (Å²) in [4.78, 5) is 15.9. The van der Waals surface area contributed by atoms with Crippen LogP contribution in [0.1, 0.15) is 42.7 Å². The molecule has 2 atom stereocenters. The summed E-state index contributed by atoms with van der Waals surface area (Å²) in [6.07, 6.45) is 1.63. The average molecular weight is 325 g/mol. The van der Waals surface area contributed by atoms with Crippen molar-refractivity contribution in [2.24, 2.45) is 5.73 Å². The maximum absolute atomic E-state index is 14.1. The minimum absolute atomic E-state index is 0.0764. The Morgan fingerprint density at radius 3 is 2.96 bits per heavy atom. The molecule has 4 N–H and O–H groups in total. The lowest BCUT2D eigenvalue weighted by atomic mass is 9.96. The Morgan fingerprint density at radius 1 is 1.65 bits per heavy atom. The van der Waals surface area contributed by atoms with Crippen molar-refractivity contribution >= 4 is 11.6 Å². The molecule has 0 aliphatic carbocycles. The van der Waals surface area contributed by atoms with Crippen molar-refractivity contribution < 1.29 is 19.0 Å². The molecule has 1 aliphatic rings. The number of carbonyl (C=O) groups is 1. The van der Waals surface area contributed by atoms with E-state index in [1.54, 1.807) is 6.07 Å². The molecule has 0 bridgehead atoms. The van der Waals surface area contributed by atoms with E-state index in [9.17, 15) is 14.3 Å². The lowest BCUT2D eigenvalue weighted by Gasteiger charge is -2.26. The van der Waals surface area contributed by atoms with Crippen molar-refractivity contribution in [3.05, 3.63) is 23.5 Å². The number of pyridine rings is 1. The van der Waals surface area contributed by atoms with Gasteiger partial charge in [0.1, 0.15) is 6.17 Å². The minimum Gasteiger partial charge on any atom is -0.387 e. The van der Waals surface area contributed by atoms with Gasteiger partial charge in [0, 0.05) is 25.3 Å². The first kappa shape index (κ1) is 17.6. The van der Waals surface area contributed by atoms with Crippen molar-refractivity contribution in [1.29, 1.82) is 0 Å². The Morgan fingerprint density at radius 2 is 2.39 bits per heavy atom. The van der Waals surface area contributed by atoms with Gasteiger partial charge in [0.15, 0.2) is 0 Å². The first-order valence-electron chi connectivity index (χ1n) is 7.77. The second-order valence-electron chi connectivity index (χ2n) is 6.43. The zero-order valence-corrected chi connectivity index (χ0v) is 13.5. The topological polar surface area (TPSA) is 97.5 Å². The maximum Gasteiger partial charge on any atom is 0.252 e. The first-order chi connectivity index (χ1) is 10.8. The monoisotopic (exact) mass is 325 g/mol. The van der Waals surface area contributed by atoms with Crippen LogP contribution in [0.2, 0.25) is 0 Å². The zero-order valence-electron chi connectivity index (χ0n) is 13.5. The SMILES string of the molecule is CC(C)(O)[C@H](F)Cc1nccc(NC2CCCOC2)c1C(N)=O. The van der Waals surface area contributed by atoms with Crippen LogP contribution < -0.4 is 11.1 Å². The van der Waals surface area contributed by atoms with Crippen molar-refractivity contribution in [3.63, 3.8) is 0 Å². The van der Waals surface area contributed by atoms with Crippen LogP contribution in [0.4, 0.5) is 10.1 Å². The molecule has 7 heteroatoms. The second-order valence-corrected chi connectivity index (χ2v) is 6.43. The lowest BCUT2D eigenvalue weighted by Crippen LogP contribution is -2.35. The third kappa shape index (κ3) is 4.62. The van der Waals surface area contributed by atoms with Crippen LogP contribution in [0.3, 0.4) is 0 Å². The number of primary amides is 1. The highest BCUT2D eigenvalue weighted by Crippen LogP contribution is 2.24. The van der Waals surface area contributed by atoms with E-state index in [-0.39, 0.29) is 23.7 Å². The molecule has 6 nitrogen and oxygen atoms in total. The molecule has 1 fully saturated rings. The molecular weight excluding hydrogens is 301 g/mol. The standard InChI is InChI=1S/C16H24FN3O3/c1-16(2,22)13(17)8-12-14(15(18)21)11(5-6-19-12)20-10-4-3-7-23-9-10/h5-6,10,13,22H,3-4,7-9H2,1-2H3,(H2,18,21)(H,19,20)/t10?,13-/m1/s1. The maximum atomic E-state index is 14.1. The number of nitrogens with one attached hydrogen (secondary N) is 1. The minimum atomic E-state index is -1.55. The van der Waals surface area contributed by atoms with Crippen LogP contribution in [-0.4, -0.2) is 47.0 Å². The van der Waals surface area contributed by atoms with E-state index in [0.29, 0.717) is 12.3 Å². The summed E-state index contributed by atoms with van der Waals surface area (Å²) in [7, 11) is 0. The summed E-state index contributed by atoms with van der Waals surface area (Å²) in [5.74, 6) is -0.671. The van der Waals surface area contributed by atoms with Gasteiger partial charge >= 0.3 is 0 Å². The predicted octanol–water partition coefficient (Wildman–Crippen LogP) is 1.42. The normalized spacial score (nSPS) is 20.1. The van der Waals surface area contributed by atoms with E-state index in [0.717, 1.165) is 19.4 Å². The highest BCUT2D eigenvalue weighted by molar-refractivity contribution is 5.99. The number of aliphatic hydroxyl groups is 1. The molecule has 1 aromatic rings. The zero-order chi connectivity index (χ0) is 17.0. The number of hydrogen-bond acceptors (Lipinski definition) is 5. The van der Waals surface area contributed by atoms with Crippen LogP contribution >= 0.6 is 0 Å². The number of carbonyl (C=O) groups excluding carboxylic acids is 1. The molecule has 2 heterocycles. The number of ether oxygens (including phenoxy) is 1. The van der Waals surface area contributed by atoms with E-state index in [1.807, 2.05) is 0 Å². The van der Waals surface area contributed by atoms with Gasteiger partial charge in [-0.2, -0.15) is 0 Å². The van der Waals surface area contributed by atoms with Crippen LogP contribution in [0.15, 0.2) is 12.3 Å². The predicted molar refractivity (Wildman–Crippen MR) is 85.1 cm³/mol. The molecule has 1 aromatic heterocycles. The highest BCUT2D eigenvalue weighted by Gasteiger charge is 2.29. The molecule has 0 radical (unpaired) electrons. The van der Waals surface area contributed by atoms with E-state index in [1.165, 1.54) is 20.0 Å². The van der Waals surface area contributed by atoms with Gasteiger partial charge in [-0.15, -0.1) is 0 Å². The van der Waals surface area contributed by atoms with E-state index in [4.69, 9.17) is 10.5 Å². The van der Waals surface area contributed by atoms with Gasteiger partial charge < -0.3 is 20.9 Å². The molecule has 1 saturated heterocycles. The van der Waals surface area contributed by atoms with Crippen molar-refractivity contribution in [1.82, 2.24) is 4.98 Å². The third-order valence-corrected chi connectivity index (χ3v) is 3.93. The van der Waals surface area contributed by atoms with Gasteiger partial charge in [-0.05, 0) is 32.8 Å². The quantitative estimate of drug-likeness (QED) is 0.735. The number of rotatable bonds is 6. The number of hydrogen-bond donors (Lipinski definition) is 3. The summed E-state index contributed by atoms with van der Waals surface area (Å²) in [5.41, 5.74) is 4.90. The third-order valence-electron chi connectivity index (χ3n) is 3.93. The number of halogens is 1. The Kier molecular flexibility index (Phi) is 5.54. The molecule has 0 saturated carbocycles. The van der Waals surface area contributed by atoms with Crippen LogP contribution in [0, 0.1) is 0 Å². The largest absolute Gasteiger partial charge is 0.387 e. The number of amides is 1.